The predicted molar refractivity (Wildman–Crippen MR) is 102 cm³/mol. The van der Waals surface area contributed by atoms with Crippen molar-refractivity contribution in [1.82, 2.24) is 15.1 Å². The van der Waals surface area contributed by atoms with E-state index < -0.39 is 0 Å². The third-order valence-electron chi connectivity index (χ3n) is 4.86. The maximum absolute atomic E-state index is 12.8. The van der Waals surface area contributed by atoms with E-state index in [2.05, 4.69) is 16.3 Å². The number of hydrogen-bond acceptors (Lipinski definition) is 5. The second-order valence-electron chi connectivity index (χ2n) is 6.91. The van der Waals surface area contributed by atoms with Gasteiger partial charge in [-0.2, -0.15) is 0 Å². The fraction of sp³-hybridized carbons (Fsp3) is 0.450. The second kappa shape index (κ2) is 7.66. The van der Waals surface area contributed by atoms with Gasteiger partial charge < -0.3 is 9.32 Å². The number of nitrogens with zero attached hydrogens (tertiary/aromatic N) is 3. The molecule has 0 unspecified atom stereocenters. The van der Waals surface area contributed by atoms with Crippen molar-refractivity contribution in [3.8, 4) is 11.5 Å². The van der Waals surface area contributed by atoms with E-state index in [-0.39, 0.29) is 5.91 Å². The van der Waals surface area contributed by atoms with Crippen LogP contribution in [-0.4, -0.2) is 32.8 Å². The normalized spacial score (nSPS) is 17.0. The standard InChI is InChI=1S/C20H23N3O2S/c1-14-7-5-6-10-17(14)19-21-22-20(25-19)26-13-18(24)23(16-11-12-16)15-8-3-2-4-9-15/h5-8,10,16H,2-4,9,11-13H2,1H3. The Kier molecular flexibility index (Phi) is 5.11. The minimum absolute atomic E-state index is 0.154. The molecule has 0 radical (unpaired) electrons. The van der Waals surface area contributed by atoms with Crippen molar-refractivity contribution >= 4 is 17.7 Å². The summed E-state index contributed by atoms with van der Waals surface area (Å²) in [5.74, 6) is 0.997. The van der Waals surface area contributed by atoms with Gasteiger partial charge in [0.2, 0.25) is 11.8 Å². The number of aryl methyl sites for hydroxylation is 1. The van der Waals surface area contributed by atoms with Crippen LogP contribution in [0, 0.1) is 6.92 Å². The summed E-state index contributed by atoms with van der Waals surface area (Å²) in [7, 11) is 0. The van der Waals surface area contributed by atoms with E-state index in [0.717, 1.165) is 36.8 Å². The molecule has 1 heterocycles. The first kappa shape index (κ1) is 17.3. The van der Waals surface area contributed by atoms with Gasteiger partial charge in [-0.05, 0) is 57.1 Å². The fourth-order valence-corrected chi connectivity index (χ4v) is 3.98. The van der Waals surface area contributed by atoms with Crippen molar-refractivity contribution < 1.29 is 9.21 Å². The van der Waals surface area contributed by atoms with Gasteiger partial charge in [-0.1, -0.05) is 36.0 Å². The van der Waals surface area contributed by atoms with Crippen LogP contribution in [0.25, 0.3) is 11.5 Å². The van der Waals surface area contributed by atoms with Crippen molar-refractivity contribution in [3.05, 3.63) is 41.6 Å². The topological polar surface area (TPSA) is 59.2 Å². The minimum Gasteiger partial charge on any atom is -0.411 e. The lowest BCUT2D eigenvalue weighted by atomic mass is 10.0. The van der Waals surface area contributed by atoms with Gasteiger partial charge in [0.05, 0.1) is 5.75 Å². The Morgan fingerprint density at radius 1 is 1.27 bits per heavy atom. The lowest BCUT2D eigenvalue weighted by molar-refractivity contribution is -0.127. The molecule has 136 valence electrons. The molecule has 0 saturated heterocycles. The second-order valence-corrected chi connectivity index (χ2v) is 7.84. The van der Waals surface area contributed by atoms with E-state index in [0.29, 0.717) is 22.9 Å². The summed E-state index contributed by atoms with van der Waals surface area (Å²) in [5, 5.41) is 8.68. The van der Waals surface area contributed by atoms with Gasteiger partial charge in [0.1, 0.15) is 0 Å². The molecule has 2 aliphatic carbocycles. The largest absolute Gasteiger partial charge is 0.411 e. The lowest BCUT2D eigenvalue weighted by Crippen LogP contribution is -2.34. The van der Waals surface area contributed by atoms with Gasteiger partial charge in [-0.3, -0.25) is 4.79 Å². The molecule has 2 aliphatic rings. The quantitative estimate of drug-likeness (QED) is 0.697. The van der Waals surface area contributed by atoms with Crippen LogP contribution in [0.1, 0.15) is 44.1 Å². The van der Waals surface area contributed by atoms with Crippen LogP contribution in [0.5, 0.6) is 0 Å². The Morgan fingerprint density at radius 3 is 2.85 bits per heavy atom. The zero-order valence-electron chi connectivity index (χ0n) is 15.0. The van der Waals surface area contributed by atoms with E-state index in [4.69, 9.17) is 4.42 Å². The van der Waals surface area contributed by atoms with Crippen molar-refractivity contribution in [3.63, 3.8) is 0 Å². The molecule has 0 bridgehead atoms. The maximum Gasteiger partial charge on any atom is 0.277 e. The molecular formula is C20H23N3O2S. The van der Waals surface area contributed by atoms with Crippen molar-refractivity contribution in [2.24, 2.45) is 0 Å². The fourth-order valence-electron chi connectivity index (χ4n) is 3.35. The van der Waals surface area contributed by atoms with Gasteiger partial charge in [0, 0.05) is 17.3 Å². The number of rotatable bonds is 6. The SMILES string of the molecule is Cc1ccccc1-c1nnc(SCC(=O)N(C2=CCCCC2)C2CC2)o1. The molecule has 0 atom stereocenters. The van der Waals surface area contributed by atoms with E-state index in [1.54, 1.807) is 0 Å². The lowest BCUT2D eigenvalue weighted by Gasteiger charge is -2.27. The molecule has 1 amide bonds. The van der Waals surface area contributed by atoms with Gasteiger partial charge >= 0.3 is 0 Å². The van der Waals surface area contributed by atoms with Gasteiger partial charge in [-0.15, -0.1) is 10.2 Å². The molecule has 1 fully saturated rings. The van der Waals surface area contributed by atoms with E-state index >= 15 is 0 Å². The Labute approximate surface area is 157 Å². The van der Waals surface area contributed by atoms with Gasteiger partial charge in [0.15, 0.2) is 0 Å². The average Bonchev–Trinajstić information content (AvgIpc) is 3.38. The summed E-state index contributed by atoms with van der Waals surface area (Å²) in [6.45, 7) is 2.02. The van der Waals surface area contributed by atoms with E-state index in [1.165, 1.54) is 30.3 Å². The molecule has 4 rings (SSSR count). The van der Waals surface area contributed by atoms with Crippen LogP contribution in [0.3, 0.4) is 0 Å². The molecule has 2 aromatic rings. The predicted octanol–water partition coefficient (Wildman–Crippen LogP) is 4.59. The minimum atomic E-state index is 0.154. The summed E-state index contributed by atoms with van der Waals surface area (Å²) in [6.07, 6.45) is 8.99. The first-order valence-electron chi connectivity index (χ1n) is 9.26. The molecule has 1 aromatic heterocycles. The number of benzene rings is 1. The van der Waals surface area contributed by atoms with Gasteiger partial charge in [-0.25, -0.2) is 0 Å². The Morgan fingerprint density at radius 2 is 2.12 bits per heavy atom. The molecule has 1 saturated carbocycles. The summed E-state index contributed by atoms with van der Waals surface area (Å²) in [4.78, 5) is 14.8. The number of aromatic nitrogens is 2. The third-order valence-corrected chi connectivity index (χ3v) is 5.66. The summed E-state index contributed by atoms with van der Waals surface area (Å²) >= 11 is 1.33. The van der Waals surface area contributed by atoms with Crippen LogP contribution < -0.4 is 0 Å². The van der Waals surface area contributed by atoms with Crippen LogP contribution in [0.15, 0.2) is 45.7 Å². The molecule has 0 aliphatic heterocycles. The van der Waals surface area contributed by atoms with Crippen LogP contribution in [0.2, 0.25) is 0 Å². The molecule has 1 aromatic carbocycles. The highest BCUT2D eigenvalue weighted by molar-refractivity contribution is 7.99. The molecule has 0 N–H and O–H groups in total. The molecular weight excluding hydrogens is 346 g/mol. The average molecular weight is 369 g/mol. The van der Waals surface area contributed by atoms with Crippen molar-refractivity contribution in [2.45, 2.75) is 56.7 Å². The van der Waals surface area contributed by atoms with E-state index in [9.17, 15) is 4.79 Å². The number of thioether (sulfide) groups is 1. The third kappa shape index (κ3) is 3.85. The Hall–Kier alpha value is -2.08. The summed E-state index contributed by atoms with van der Waals surface area (Å²) in [6, 6.07) is 8.32. The number of carbonyl (C=O) groups is 1. The van der Waals surface area contributed by atoms with Crippen LogP contribution in [-0.2, 0) is 4.79 Å². The highest BCUT2D eigenvalue weighted by atomic mass is 32.2. The van der Waals surface area contributed by atoms with Crippen molar-refractivity contribution in [1.29, 1.82) is 0 Å². The highest BCUT2D eigenvalue weighted by Gasteiger charge is 2.35. The maximum atomic E-state index is 12.8. The van der Waals surface area contributed by atoms with Crippen molar-refractivity contribution in [2.75, 3.05) is 5.75 Å². The van der Waals surface area contributed by atoms with Crippen LogP contribution in [0.4, 0.5) is 0 Å². The Balaban J connectivity index is 1.41. The molecule has 5 nitrogen and oxygen atoms in total. The number of allylic oxidation sites excluding steroid dienone is 2. The zero-order chi connectivity index (χ0) is 17.9. The first-order valence-corrected chi connectivity index (χ1v) is 10.2. The number of amides is 1. The van der Waals surface area contributed by atoms with Crippen LogP contribution >= 0.6 is 11.8 Å². The molecule has 0 spiro atoms. The first-order chi connectivity index (χ1) is 12.7. The molecule has 26 heavy (non-hydrogen) atoms. The molecule has 6 heteroatoms. The van der Waals surface area contributed by atoms with E-state index in [1.807, 2.05) is 36.1 Å². The number of carbonyl (C=O) groups excluding carboxylic acids is 1. The highest BCUT2D eigenvalue weighted by Crippen LogP contribution is 2.35. The monoisotopic (exact) mass is 369 g/mol. The smallest absolute Gasteiger partial charge is 0.277 e. The zero-order valence-corrected chi connectivity index (χ0v) is 15.8. The number of hydrogen-bond donors (Lipinski definition) is 0. The summed E-state index contributed by atoms with van der Waals surface area (Å²) in [5.41, 5.74) is 3.24. The Bertz CT molecular complexity index is 826. The van der Waals surface area contributed by atoms with Gasteiger partial charge in [0.25, 0.3) is 5.22 Å². The summed E-state index contributed by atoms with van der Waals surface area (Å²) < 4.78 is 5.76.